The first-order valence-corrected chi connectivity index (χ1v) is 7.75. The molecule has 0 heterocycles. The van der Waals surface area contributed by atoms with Crippen LogP contribution in [0.5, 0.6) is 5.75 Å². The van der Waals surface area contributed by atoms with Crippen LogP contribution in [0, 0.1) is 40.7 Å². The molecule has 6 heteroatoms. The minimum absolute atomic E-state index is 0.0136. The van der Waals surface area contributed by atoms with Crippen molar-refractivity contribution in [3.8, 4) is 11.8 Å². The molecule has 1 amide bonds. The zero-order valence-corrected chi connectivity index (χ0v) is 12.8. The molecule has 23 heavy (non-hydrogen) atoms. The molecule has 1 aromatic carbocycles. The van der Waals surface area contributed by atoms with E-state index in [9.17, 15) is 18.8 Å². The van der Waals surface area contributed by atoms with Crippen molar-refractivity contribution in [1.29, 1.82) is 5.26 Å². The lowest BCUT2D eigenvalue weighted by Crippen LogP contribution is -2.50. The van der Waals surface area contributed by atoms with Crippen LogP contribution < -0.4 is 10.1 Å². The van der Waals surface area contributed by atoms with Gasteiger partial charge in [0, 0.05) is 12.0 Å². The highest BCUT2D eigenvalue weighted by atomic mass is 19.2. The normalized spacial score (nSPS) is 27.5. The van der Waals surface area contributed by atoms with Crippen molar-refractivity contribution in [3.63, 3.8) is 0 Å². The van der Waals surface area contributed by atoms with Crippen LogP contribution in [0.15, 0.2) is 18.2 Å². The third-order valence-electron chi connectivity index (χ3n) is 4.77. The number of hydrogen-bond donors (Lipinski definition) is 1. The maximum atomic E-state index is 13.1. The highest BCUT2D eigenvalue weighted by Crippen LogP contribution is 2.57. The van der Waals surface area contributed by atoms with Gasteiger partial charge in [0.15, 0.2) is 17.2 Å². The summed E-state index contributed by atoms with van der Waals surface area (Å²) in [6.45, 7) is 1.42. The SMILES string of the molecule is C[C@](C#N)(COc1ccc(F)c(F)c1)NC(=O)C1[C@@H]2CCC[C@@H]12. The van der Waals surface area contributed by atoms with Crippen molar-refractivity contribution in [2.75, 3.05) is 6.61 Å². The zero-order chi connectivity index (χ0) is 16.6. The van der Waals surface area contributed by atoms with Gasteiger partial charge in [-0.1, -0.05) is 6.42 Å². The number of halogens is 2. The minimum Gasteiger partial charge on any atom is -0.490 e. The number of ether oxygens (including phenoxy) is 1. The largest absolute Gasteiger partial charge is 0.490 e. The van der Waals surface area contributed by atoms with Gasteiger partial charge in [0.05, 0.1) is 6.07 Å². The average Bonchev–Trinajstić information content (AvgIpc) is 3.02. The number of carbonyl (C=O) groups excluding carboxylic acids is 1. The minimum atomic E-state index is -1.21. The van der Waals surface area contributed by atoms with Gasteiger partial charge in [-0.2, -0.15) is 5.26 Å². The lowest BCUT2D eigenvalue weighted by Gasteiger charge is -2.24. The van der Waals surface area contributed by atoms with Gasteiger partial charge >= 0.3 is 0 Å². The maximum absolute atomic E-state index is 13.1. The molecule has 3 rings (SSSR count). The van der Waals surface area contributed by atoms with Crippen molar-refractivity contribution in [2.45, 2.75) is 31.7 Å². The van der Waals surface area contributed by atoms with Crippen LogP contribution in [0.3, 0.4) is 0 Å². The Hall–Kier alpha value is -2.16. The quantitative estimate of drug-likeness (QED) is 0.907. The molecule has 0 bridgehead atoms. The van der Waals surface area contributed by atoms with E-state index in [-0.39, 0.29) is 24.2 Å². The van der Waals surface area contributed by atoms with Crippen LogP contribution >= 0.6 is 0 Å². The Morgan fingerprint density at radius 3 is 2.70 bits per heavy atom. The van der Waals surface area contributed by atoms with Gasteiger partial charge in [-0.05, 0) is 43.7 Å². The molecule has 0 saturated heterocycles. The van der Waals surface area contributed by atoms with E-state index in [0.717, 1.165) is 25.0 Å². The molecule has 2 fully saturated rings. The fraction of sp³-hybridized carbons (Fsp3) is 0.529. The molecule has 0 aromatic heterocycles. The van der Waals surface area contributed by atoms with Crippen molar-refractivity contribution in [1.82, 2.24) is 5.32 Å². The van der Waals surface area contributed by atoms with Crippen molar-refractivity contribution in [2.24, 2.45) is 17.8 Å². The Morgan fingerprint density at radius 2 is 2.09 bits per heavy atom. The molecule has 0 unspecified atom stereocenters. The van der Waals surface area contributed by atoms with Crippen LogP contribution in [0.4, 0.5) is 8.78 Å². The van der Waals surface area contributed by atoms with E-state index < -0.39 is 17.2 Å². The van der Waals surface area contributed by atoms with Crippen molar-refractivity contribution < 1.29 is 18.3 Å². The first-order chi connectivity index (χ1) is 10.9. The lowest BCUT2D eigenvalue weighted by atomic mass is 10.0. The number of benzene rings is 1. The number of nitrogens with one attached hydrogen (secondary N) is 1. The van der Waals surface area contributed by atoms with Gasteiger partial charge in [-0.25, -0.2) is 8.78 Å². The molecule has 3 atom stereocenters. The van der Waals surface area contributed by atoms with E-state index in [1.807, 2.05) is 6.07 Å². The van der Waals surface area contributed by atoms with Gasteiger partial charge in [0.1, 0.15) is 12.4 Å². The molecule has 0 aliphatic heterocycles. The lowest BCUT2D eigenvalue weighted by molar-refractivity contribution is -0.124. The first kappa shape index (κ1) is 15.7. The molecule has 1 aromatic rings. The summed E-state index contributed by atoms with van der Waals surface area (Å²) in [5, 5.41) is 12.1. The fourth-order valence-corrected chi connectivity index (χ4v) is 3.46. The maximum Gasteiger partial charge on any atom is 0.225 e. The molecule has 0 radical (unpaired) electrons. The number of nitriles is 1. The monoisotopic (exact) mass is 320 g/mol. The topological polar surface area (TPSA) is 62.1 Å². The molecule has 2 saturated carbocycles. The Bertz CT molecular complexity index is 663. The smallest absolute Gasteiger partial charge is 0.225 e. The summed E-state index contributed by atoms with van der Waals surface area (Å²) < 4.78 is 31.4. The molecule has 122 valence electrons. The fourth-order valence-electron chi connectivity index (χ4n) is 3.46. The Balaban J connectivity index is 1.58. The highest BCUT2D eigenvalue weighted by molar-refractivity contribution is 5.83. The second kappa shape index (κ2) is 5.80. The Morgan fingerprint density at radius 1 is 1.39 bits per heavy atom. The number of amides is 1. The van der Waals surface area contributed by atoms with Gasteiger partial charge < -0.3 is 10.1 Å². The van der Waals surface area contributed by atoms with Crippen LogP contribution in [-0.4, -0.2) is 18.1 Å². The number of nitrogens with zero attached hydrogens (tertiary/aromatic N) is 1. The molecular weight excluding hydrogens is 302 g/mol. The highest BCUT2D eigenvalue weighted by Gasteiger charge is 2.57. The second-order valence-corrected chi connectivity index (χ2v) is 6.58. The Kier molecular flexibility index (Phi) is 3.97. The third kappa shape index (κ3) is 3.14. The number of fused-ring (bicyclic) bond motifs is 1. The van der Waals surface area contributed by atoms with E-state index >= 15 is 0 Å². The summed E-state index contributed by atoms with van der Waals surface area (Å²) in [7, 11) is 0. The predicted molar refractivity (Wildman–Crippen MR) is 78.3 cm³/mol. The molecule has 2 aliphatic carbocycles. The molecule has 2 aliphatic rings. The summed E-state index contributed by atoms with van der Waals surface area (Å²) in [6, 6.07) is 5.18. The molecule has 0 spiro atoms. The Labute approximate surface area is 133 Å². The van der Waals surface area contributed by atoms with E-state index in [4.69, 9.17) is 4.74 Å². The molecular formula is C17H18F2N2O2. The van der Waals surface area contributed by atoms with Crippen molar-refractivity contribution >= 4 is 5.91 Å². The van der Waals surface area contributed by atoms with E-state index in [2.05, 4.69) is 5.32 Å². The van der Waals surface area contributed by atoms with E-state index in [1.54, 1.807) is 6.92 Å². The van der Waals surface area contributed by atoms with E-state index in [0.29, 0.717) is 11.8 Å². The summed E-state index contributed by atoms with van der Waals surface area (Å²) >= 11 is 0. The van der Waals surface area contributed by atoms with E-state index in [1.165, 1.54) is 12.5 Å². The molecule has 4 nitrogen and oxygen atoms in total. The zero-order valence-electron chi connectivity index (χ0n) is 12.8. The third-order valence-corrected chi connectivity index (χ3v) is 4.77. The number of rotatable bonds is 5. The predicted octanol–water partition coefficient (Wildman–Crippen LogP) is 2.79. The number of hydrogen-bond acceptors (Lipinski definition) is 3. The van der Waals surface area contributed by atoms with Crippen LogP contribution in [-0.2, 0) is 4.79 Å². The van der Waals surface area contributed by atoms with Crippen LogP contribution in [0.2, 0.25) is 0 Å². The summed E-state index contributed by atoms with van der Waals surface area (Å²) in [5.41, 5.74) is -1.21. The standard InChI is InChI=1S/C17H18F2N2O2/c1-17(8-20,9-23-10-5-6-13(18)14(19)7-10)21-16(22)15-11-3-2-4-12(11)15/h5-7,11-12,15H,2-4,9H2,1H3,(H,21,22)/t11-,12-,17+/m1/s1. The first-order valence-electron chi connectivity index (χ1n) is 7.75. The summed E-state index contributed by atoms with van der Waals surface area (Å²) in [5.74, 6) is -1.04. The summed E-state index contributed by atoms with van der Waals surface area (Å²) in [4.78, 5) is 12.3. The van der Waals surface area contributed by atoms with Gasteiger partial charge in [0.2, 0.25) is 5.91 Å². The van der Waals surface area contributed by atoms with Gasteiger partial charge in [-0.15, -0.1) is 0 Å². The number of carbonyl (C=O) groups is 1. The average molecular weight is 320 g/mol. The molecule has 1 N–H and O–H groups in total. The van der Waals surface area contributed by atoms with Gasteiger partial charge in [0.25, 0.3) is 0 Å². The van der Waals surface area contributed by atoms with Crippen LogP contribution in [0.25, 0.3) is 0 Å². The van der Waals surface area contributed by atoms with Crippen molar-refractivity contribution in [3.05, 3.63) is 29.8 Å². The van der Waals surface area contributed by atoms with Crippen LogP contribution in [0.1, 0.15) is 26.2 Å². The van der Waals surface area contributed by atoms with Gasteiger partial charge in [-0.3, -0.25) is 4.79 Å². The second-order valence-electron chi connectivity index (χ2n) is 6.58. The summed E-state index contributed by atoms with van der Waals surface area (Å²) in [6.07, 6.45) is 3.34.